The first kappa shape index (κ1) is 13.5. The molecule has 0 saturated carbocycles. The van der Waals surface area contributed by atoms with Crippen LogP contribution in [0.1, 0.15) is 0 Å². The Bertz CT molecular complexity index is 994. The molecule has 3 nitrogen and oxygen atoms in total. The number of fused-ring (bicyclic) bond motifs is 3. The maximum absolute atomic E-state index is 5.91. The molecule has 0 radical (unpaired) electrons. The van der Waals surface area contributed by atoms with Crippen LogP contribution >= 0.6 is 22.6 Å². The van der Waals surface area contributed by atoms with Crippen molar-refractivity contribution in [3.8, 4) is 11.3 Å². The molecule has 4 heteroatoms. The first-order valence-corrected chi connectivity index (χ1v) is 8.01. The summed E-state index contributed by atoms with van der Waals surface area (Å²) in [6, 6.07) is 20.7. The highest BCUT2D eigenvalue weighted by Gasteiger charge is 2.11. The average molecular weight is 397 g/mol. The van der Waals surface area contributed by atoms with Crippen LogP contribution in [0.2, 0.25) is 0 Å². The van der Waals surface area contributed by atoms with Gasteiger partial charge in [0.15, 0.2) is 0 Å². The van der Waals surface area contributed by atoms with Crippen molar-refractivity contribution in [1.82, 2.24) is 9.97 Å². The van der Waals surface area contributed by atoms with Gasteiger partial charge in [0.1, 0.15) is 0 Å². The average Bonchev–Trinajstić information content (AvgIpc) is 2.54. The summed E-state index contributed by atoms with van der Waals surface area (Å²) in [6.07, 6.45) is 0. The van der Waals surface area contributed by atoms with E-state index in [9.17, 15) is 0 Å². The van der Waals surface area contributed by atoms with Gasteiger partial charge in [0, 0.05) is 14.5 Å². The highest BCUT2D eigenvalue weighted by molar-refractivity contribution is 14.1. The van der Waals surface area contributed by atoms with Crippen molar-refractivity contribution < 1.29 is 0 Å². The largest absolute Gasteiger partial charge is 0.368 e. The first-order chi connectivity index (χ1) is 10.7. The highest BCUT2D eigenvalue weighted by atomic mass is 127. The summed E-state index contributed by atoms with van der Waals surface area (Å²) in [7, 11) is 0. The molecule has 0 spiro atoms. The molecule has 3 aromatic carbocycles. The number of hydrogen-bond donors (Lipinski definition) is 1. The second kappa shape index (κ2) is 5.21. The van der Waals surface area contributed by atoms with Crippen LogP contribution in [0.4, 0.5) is 5.95 Å². The van der Waals surface area contributed by atoms with Crippen LogP contribution in [-0.4, -0.2) is 9.97 Å². The van der Waals surface area contributed by atoms with Crippen LogP contribution in [0.3, 0.4) is 0 Å². The van der Waals surface area contributed by atoms with E-state index in [1.54, 1.807) is 0 Å². The molecule has 0 aliphatic heterocycles. The van der Waals surface area contributed by atoms with Gasteiger partial charge in [0.05, 0.1) is 11.2 Å². The predicted octanol–water partition coefficient (Wildman–Crippen LogP) is 4.64. The van der Waals surface area contributed by atoms with Gasteiger partial charge in [-0.15, -0.1) is 0 Å². The Morgan fingerprint density at radius 2 is 1.59 bits per heavy atom. The molecule has 106 valence electrons. The van der Waals surface area contributed by atoms with Crippen LogP contribution in [0.5, 0.6) is 0 Å². The van der Waals surface area contributed by atoms with E-state index in [4.69, 9.17) is 5.73 Å². The Balaban J connectivity index is 2.16. The van der Waals surface area contributed by atoms with Gasteiger partial charge in [-0.3, -0.25) is 0 Å². The summed E-state index contributed by atoms with van der Waals surface area (Å²) >= 11 is 2.30. The molecule has 0 bridgehead atoms. The molecule has 2 N–H and O–H groups in total. The molecule has 0 saturated heterocycles. The zero-order valence-electron chi connectivity index (χ0n) is 11.6. The van der Waals surface area contributed by atoms with Crippen molar-refractivity contribution >= 4 is 50.2 Å². The standard InChI is InChI=1S/C18H12IN3/c19-13-8-5-12(6-9-13)17-16-14-4-2-1-3-11(14)7-10-15(16)21-18(20)22-17/h1-10H,(H2,20,21,22). The summed E-state index contributed by atoms with van der Waals surface area (Å²) in [5.74, 6) is 0.302. The molecule has 0 unspecified atom stereocenters. The minimum Gasteiger partial charge on any atom is -0.368 e. The molecule has 4 rings (SSSR count). The molecular formula is C18H12IN3. The van der Waals surface area contributed by atoms with Crippen molar-refractivity contribution in [1.29, 1.82) is 0 Å². The number of halogens is 1. The number of rotatable bonds is 1. The topological polar surface area (TPSA) is 51.8 Å². The number of nitrogens with two attached hydrogens (primary N) is 1. The van der Waals surface area contributed by atoms with Gasteiger partial charge in [0.25, 0.3) is 0 Å². The molecule has 1 aromatic heterocycles. The van der Waals surface area contributed by atoms with E-state index in [0.29, 0.717) is 5.95 Å². The van der Waals surface area contributed by atoms with Crippen molar-refractivity contribution in [2.45, 2.75) is 0 Å². The van der Waals surface area contributed by atoms with Crippen molar-refractivity contribution in [3.05, 3.63) is 64.2 Å². The summed E-state index contributed by atoms with van der Waals surface area (Å²) < 4.78 is 1.19. The van der Waals surface area contributed by atoms with Gasteiger partial charge in [-0.2, -0.15) is 0 Å². The molecule has 1 heterocycles. The zero-order chi connectivity index (χ0) is 15.1. The van der Waals surface area contributed by atoms with E-state index in [-0.39, 0.29) is 0 Å². The SMILES string of the molecule is Nc1nc(-c2ccc(I)cc2)c2c(ccc3ccccc32)n1. The Morgan fingerprint density at radius 1 is 0.818 bits per heavy atom. The Kier molecular flexibility index (Phi) is 3.18. The number of nitrogens with zero attached hydrogens (tertiary/aromatic N) is 2. The molecule has 4 aromatic rings. The Hall–Kier alpha value is -2.21. The fourth-order valence-electron chi connectivity index (χ4n) is 2.74. The van der Waals surface area contributed by atoms with Crippen LogP contribution in [0, 0.1) is 3.57 Å². The fraction of sp³-hybridized carbons (Fsp3) is 0. The van der Waals surface area contributed by atoms with E-state index in [0.717, 1.165) is 27.5 Å². The molecule has 0 aliphatic rings. The van der Waals surface area contributed by atoms with Crippen LogP contribution in [0.15, 0.2) is 60.7 Å². The summed E-state index contributed by atoms with van der Waals surface area (Å²) in [5, 5.41) is 3.37. The molecule has 22 heavy (non-hydrogen) atoms. The van der Waals surface area contributed by atoms with Crippen molar-refractivity contribution in [3.63, 3.8) is 0 Å². The summed E-state index contributed by atoms with van der Waals surface area (Å²) in [4.78, 5) is 8.91. The number of aromatic nitrogens is 2. The Labute approximate surface area is 141 Å². The maximum atomic E-state index is 5.91. The van der Waals surface area contributed by atoms with Gasteiger partial charge in [0.2, 0.25) is 5.95 Å². The molecular weight excluding hydrogens is 385 g/mol. The summed E-state index contributed by atoms with van der Waals surface area (Å²) in [5.41, 5.74) is 8.72. The summed E-state index contributed by atoms with van der Waals surface area (Å²) in [6.45, 7) is 0. The first-order valence-electron chi connectivity index (χ1n) is 6.93. The zero-order valence-corrected chi connectivity index (χ0v) is 13.8. The molecule has 0 fully saturated rings. The lowest BCUT2D eigenvalue weighted by molar-refractivity contribution is 1.24. The van der Waals surface area contributed by atoms with E-state index in [1.165, 1.54) is 8.96 Å². The second-order valence-electron chi connectivity index (χ2n) is 5.12. The predicted molar refractivity (Wildman–Crippen MR) is 99.6 cm³/mol. The minimum absolute atomic E-state index is 0.302. The minimum atomic E-state index is 0.302. The Morgan fingerprint density at radius 3 is 2.41 bits per heavy atom. The number of benzene rings is 3. The van der Waals surface area contributed by atoms with Gasteiger partial charge in [-0.25, -0.2) is 9.97 Å². The monoisotopic (exact) mass is 397 g/mol. The van der Waals surface area contributed by atoms with Crippen molar-refractivity contribution in [2.24, 2.45) is 0 Å². The van der Waals surface area contributed by atoms with Crippen LogP contribution in [-0.2, 0) is 0 Å². The van der Waals surface area contributed by atoms with E-state index in [1.807, 2.05) is 18.2 Å². The van der Waals surface area contributed by atoms with E-state index >= 15 is 0 Å². The molecule has 0 aliphatic carbocycles. The van der Waals surface area contributed by atoms with Crippen LogP contribution < -0.4 is 5.73 Å². The van der Waals surface area contributed by atoms with Crippen LogP contribution in [0.25, 0.3) is 32.9 Å². The third-order valence-corrected chi connectivity index (χ3v) is 4.44. The highest BCUT2D eigenvalue weighted by Crippen LogP contribution is 2.32. The number of hydrogen-bond acceptors (Lipinski definition) is 3. The van der Waals surface area contributed by atoms with E-state index in [2.05, 4.69) is 75.0 Å². The lowest BCUT2D eigenvalue weighted by Crippen LogP contribution is -1.98. The maximum Gasteiger partial charge on any atom is 0.221 e. The van der Waals surface area contributed by atoms with Gasteiger partial charge >= 0.3 is 0 Å². The quantitative estimate of drug-likeness (QED) is 0.376. The van der Waals surface area contributed by atoms with Gasteiger partial charge < -0.3 is 5.73 Å². The lowest BCUT2D eigenvalue weighted by Gasteiger charge is -2.10. The van der Waals surface area contributed by atoms with E-state index < -0.39 is 0 Å². The smallest absolute Gasteiger partial charge is 0.221 e. The fourth-order valence-corrected chi connectivity index (χ4v) is 3.10. The number of anilines is 1. The molecule has 0 amide bonds. The molecule has 0 atom stereocenters. The second-order valence-corrected chi connectivity index (χ2v) is 6.36. The van der Waals surface area contributed by atoms with Crippen molar-refractivity contribution in [2.75, 3.05) is 5.73 Å². The van der Waals surface area contributed by atoms with Gasteiger partial charge in [-0.1, -0.05) is 42.5 Å². The van der Waals surface area contributed by atoms with Gasteiger partial charge in [-0.05, 0) is 51.6 Å². The normalized spacial score (nSPS) is 11.1. The third-order valence-electron chi connectivity index (χ3n) is 3.72. The lowest BCUT2D eigenvalue weighted by atomic mass is 10.0. The third kappa shape index (κ3) is 2.20. The number of nitrogen functional groups attached to an aromatic ring is 1.